The van der Waals surface area contributed by atoms with Gasteiger partial charge in [0.25, 0.3) is 0 Å². The average Bonchev–Trinajstić information content (AvgIpc) is 2.89. The maximum Gasteiger partial charge on any atom is 0.393 e. The maximum absolute atomic E-state index is 5.40. The Morgan fingerprint density at radius 1 is 1.56 bits per heavy atom. The van der Waals surface area contributed by atoms with Gasteiger partial charge in [-0.3, -0.25) is 0 Å². The van der Waals surface area contributed by atoms with Crippen molar-refractivity contribution in [1.29, 1.82) is 0 Å². The van der Waals surface area contributed by atoms with Crippen molar-refractivity contribution in [3.05, 3.63) is 28.0 Å². The number of aromatic nitrogens is 2. The lowest BCUT2D eigenvalue weighted by molar-refractivity contribution is 0.233. The molecular formula is C10H13N3O2S. The van der Waals surface area contributed by atoms with Crippen LogP contribution < -0.4 is 10.5 Å². The quantitative estimate of drug-likeness (QED) is 0.856. The zero-order valence-corrected chi connectivity index (χ0v) is 9.79. The Morgan fingerprint density at radius 2 is 2.44 bits per heavy atom. The molecule has 0 radical (unpaired) electrons. The van der Waals surface area contributed by atoms with Crippen LogP contribution >= 0.6 is 11.3 Å². The first-order valence-electron chi connectivity index (χ1n) is 4.96. The third-order valence-electron chi connectivity index (χ3n) is 2.14. The van der Waals surface area contributed by atoms with Gasteiger partial charge in [-0.15, -0.1) is 11.3 Å². The lowest BCUT2D eigenvalue weighted by Crippen LogP contribution is -2.02. The van der Waals surface area contributed by atoms with E-state index in [2.05, 4.69) is 9.97 Å². The lowest BCUT2D eigenvalue weighted by atomic mass is 10.3. The summed E-state index contributed by atoms with van der Waals surface area (Å²) < 4.78 is 10.4. The standard InChI is InChI=1S/C10H13N3O2S/c1-7-9(16-6-12-7)2-3-14-10-13-8(4-11)5-15-10/h5-6H,2-4,11H2,1H3. The monoisotopic (exact) mass is 239 g/mol. The molecule has 0 aliphatic heterocycles. The number of aryl methyl sites for hydroxylation is 1. The number of ether oxygens (including phenoxy) is 1. The molecule has 0 bridgehead atoms. The number of nitrogens with two attached hydrogens (primary N) is 1. The minimum atomic E-state index is 0.280. The van der Waals surface area contributed by atoms with E-state index < -0.39 is 0 Å². The predicted molar refractivity (Wildman–Crippen MR) is 60.4 cm³/mol. The van der Waals surface area contributed by atoms with Crippen LogP contribution in [0.5, 0.6) is 6.08 Å². The summed E-state index contributed by atoms with van der Waals surface area (Å²) in [5.74, 6) is 0. The second-order valence-corrected chi connectivity index (χ2v) is 4.21. The van der Waals surface area contributed by atoms with Crippen LogP contribution in [-0.2, 0) is 13.0 Å². The highest BCUT2D eigenvalue weighted by atomic mass is 32.1. The fraction of sp³-hybridized carbons (Fsp3) is 0.400. The van der Waals surface area contributed by atoms with Gasteiger partial charge < -0.3 is 14.9 Å². The van der Waals surface area contributed by atoms with Crippen molar-refractivity contribution in [2.45, 2.75) is 19.9 Å². The molecule has 2 N–H and O–H groups in total. The van der Waals surface area contributed by atoms with Crippen LogP contribution in [0.1, 0.15) is 16.3 Å². The zero-order valence-electron chi connectivity index (χ0n) is 8.97. The van der Waals surface area contributed by atoms with Crippen molar-refractivity contribution in [3.8, 4) is 6.08 Å². The molecule has 6 heteroatoms. The first-order chi connectivity index (χ1) is 7.79. The number of rotatable bonds is 5. The largest absolute Gasteiger partial charge is 0.450 e. The molecular weight excluding hydrogens is 226 g/mol. The molecule has 2 rings (SSSR count). The summed E-state index contributed by atoms with van der Waals surface area (Å²) in [5, 5.41) is 0. The molecule has 2 aromatic heterocycles. The molecule has 0 saturated heterocycles. The van der Waals surface area contributed by atoms with Gasteiger partial charge in [-0.05, 0) is 6.92 Å². The van der Waals surface area contributed by atoms with Crippen molar-refractivity contribution < 1.29 is 9.15 Å². The molecule has 0 unspecified atom stereocenters. The summed E-state index contributed by atoms with van der Waals surface area (Å²) in [6.45, 7) is 2.89. The second-order valence-electron chi connectivity index (χ2n) is 3.27. The van der Waals surface area contributed by atoms with Gasteiger partial charge in [0, 0.05) is 17.8 Å². The van der Waals surface area contributed by atoms with Crippen LogP contribution in [0.3, 0.4) is 0 Å². The number of thiazole rings is 1. The van der Waals surface area contributed by atoms with Crippen molar-refractivity contribution in [3.63, 3.8) is 0 Å². The number of hydrogen-bond acceptors (Lipinski definition) is 6. The molecule has 86 valence electrons. The van der Waals surface area contributed by atoms with E-state index in [9.17, 15) is 0 Å². The minimum absolute atomic E-state index is 0.280. The third kappa shape index (κ3) is 2.59. The Labute approximate surface area is 97.3 Å². The normalized spacial score (nSPS) is 10.6. The van der Waals surface area contributed by atoms with Gasteiger partial charge in [0.1, 0.15) is 6.26 Å². The first kappa shape index (κ1) is 11.1. The smallest absolute Gasteiger partial charge is 0.393 e. The summed E-state index contributed by atoms with van der Waals surface area (Å²) in [7, 11) is 0. The minimum Gasteiger partial charge on any atom is -0.450 e. The van der Waals surface area contributed by atoms with Crippen molar-refractivity contribution >= 4 is 11.3 Å². The molecule has 2 aromatic rings. The summed E-state index contributed by atoms with van der Waals surface area (Å²) >= 11 is 1.63. The fourth-order valence-electron chi connectivity index (χ4n) is 1.25. The lowest BCUT2D eigenvalue weighted by Gasteiger charge is -1.99. The van der Waals surface area contributed by atoms with Crippen molar-refractivity contribution in [1.82, 2.24) is 9.97 Å². The van der Waals surface area contributed by atoms with Gasteiger partial charge in [-0.1, -0.05) is 0 Å². The zero-order chi connectivity index (χ0) is 11.4. The van der Waals surface area contributed by atoms with Crippen molar-refractivity contribution in [2.24, 2.45) is 5.73 Å². The highest BCUT2D eigenvalue weighted by Gasteiger charge is 2.05. The van der Waals surface area contributed by atoms with E-state index in [4.69, 9.17) is 14.9 Å². The van der Waals surface area contributed by atoms with Crippen molar-refractivity contribution in [2.75, 3.05) is 6.61 Å². The molecule has 0 spiro atoms. The maximum atomic E-state index is 5.40. The van der Waals surface area contributed by atoms with E-state index in [1.165, 1.54) is 11.1 Å². The van der Waals surface area contributed by atoms with Gasteiger partial charge in [0.05, 0.1) is 23.5 Å². The van der Waals surface area contributed by atoms with E-state index in [1.807, 2.05) is 12.4 Å². The molecule has 5 nitrogen and oxygen atoms in total. The highest BCUT2D eigenvalue weighted by Crippen LogP contribution is 2.14. The predicted octanol–water partition coefficient (Wildman–Crippen LogP) is 1.52. The number of oxazole rings is 1. The summed E-state index contributed by atoms with van der Waals surface area (Å²) in [5.41, 5.74) is 9.00. The molecule has 2 heterocycles. The van der Waals surface area contributed by atoms with E-state index in [1.54, 1.807) is 11.3 Å². The van der Waals surface area contributed by atoms with Crippen LogP contribution in [0.25, 0.3) is 0 Å². The molecule has 0 fully saturated rings. The van der Waals surface area contributed by atoms with Crippen LogP contribution in [0, 0.1) is 6.92 Å². The van der Waals surface area contributed by atoms with Crippen LogP contribution in [0.2, 0.25) is 0 Å². The van der Waals surface area contributed by atoms with Gasteiger partial charge in [0.15, 0.2) is 0 Å². The molecule has 0 aromatic carbocycles. The third-order valence-corrected chi connectivity index (χ3v) is 3.13. The molecule has 0 amide bonds. The summed E-state index contributed by atoms with van der Waals surface area (Å²) in [6, 6.07) is 0. The Kier molecular flexibility index (Phi) is 3.53. The topological polar surface area (TPSA) is 74.2 Å². The summed E-state index contributed by atoms with van der Waals surface area (Å²) in [6.07, 6.45) is 2.60. The average molecular weight is 239 g/mol. The van der Waals surface area contributed by atoms with Gasteiger partial charge in [-0.25, -0.2) is 4.98 Å². The highest BCUT2D eigenvalue weighted by molar-refractivity contribution is 7.09. The van der Waals surface area contributed by atoms with Gasteiger partial charge >= 0.3 is 6.08 Å². The van der Waals surface area contributed by atoms with Crippen LogP contribution in [0.4, 0.5) is 0 Å². The Bertz CT molecular complexity index is 452. The Balaban J connectivity index is 1.82. The first-order valence-corrected chi connectivity index (χ1v) is 5.84. The Hall–Kier alpha value is -1.40. The second kappa shape index (κ2) is 5.09. The molecule has 0 atom stereocenters. The van der Waals surface area contributed by atoms with E-state index in [0.29, 0.717) is 18.8 Å². The molecule has 0 saturated carbocycles. The number of hydrogen-bond donors (Lipinski definition) is 1. The summed E-state index contributed by atoms with van der Waals surface area (Å²) in [4.78, 5) is 9.44. The fourth-order valence-corrected chi connectivity index (χ4v) is 2.01. The molecule has 16 heavy (non-hydrogen) atoms. The number of nitrogens with zero attached hydrogens (tertiary/aromatic N) is 2. The van der Waals surface area contributed by atoms with E-state index in [0.717, 1.165) is 12.1 Å². The SMILES string of the molecule is Cc1ncsc1CCOc1nc(CN)co1. The molecule has 0 aliphatic carbocycles. The molecule has 0 aliphatic rings. The Morgan fingerprint density at radius 3 is 3.06 bits per heavy atom. The van der Waals surface area contributed by atoms with E-state index in [-0.39, 0.29) is 6.08 Å². The van der Waals surface area contributed by atoms with Gasteiger partial charge in [-0.2, -0.15) is 4.98 Å². The van der Waals surface area contributed by atoms with E-state index >= 15 is 0 Å². The van der Waals surface area contributed by atoms with Crippen LogP contribution in [-0.4, -0.2) is 16.6 Å². The van der Waals surface area contributed by atoms with Crippen LogP contribution in [0.15, 0.2) is 16.2 Å². The van der Waals surface area contributed by atoms with Gasteiger partial charge in [0.2, 0.25) is 0 Å².